The van der Waals surface area contributed by atoms with Gasteiger partial charge in [-0.2, -0.15) is 0 Å². The van der Waals surface area contributed by atoms with Crippen molar-refractivity contribution in [1.29, 1.82) is 0 Å². The van der Waals surface area contributed by atoms with E-state index in [9.17, 15) is 18.8 Å². The largest absolute Gasteiger partial charge is 0.483 e. The van der Waals surface area contributed by atoms with Crippen molar-refractivity contribution in [3.63, 3.8) is 0 Å². The van der Waals surface area contributed by atoms with E-state index in [4.69, 9.17) is 14.9 Å². The molecule has 5 aromatic rings. The number of furan rings is 1. The summed E-state index contributed by atoms with van der Waals surface area (Å²) in [6.07, 6.45) is 1.84. The van der Waals surface area contributed by atoms with Crippen LogP contribution in [0, 0.1) is 5.82 Å². The zero-order valence-electron chi connectivity index (χ0n) is 23.3. The lowest BCUT2D eigenvalue weighted by Crippen LogP contribution is -2.33. The Morgan fingerprint density at radius 2 is 1.67 bits per heavy atom. The smallest absolute Gasteiger partial charge is 0.258 e. The van der Waals surface area contributed by atoms with Gasteiger partial charge in [-0.1, -0.05) is 24.3 Å². The lowest BCUT2D eigenvalue weighted by Gasteiger charge is -2.23. The Labute approximate surface area is 246 Å². The number of amides is 3. The number of primary amides is 1. The summed E-state index contributed by atoms with van der Waals surface area (Å²) in [5.41, 5.74) is 9.02. The van der Waals surface area contributed by atoms with Crippen molar-refractivity contribution in [2.24, 2.45) is 5.73 Å². The average molecular weight is 578 g/mol. The number of nitrogens with two attached hydrogens (primary N) is 1. The maximum absolute atomic E-state index is 13.9. The molecule has 0 aliphatic heterocycles. The molecule has 4 aromatic carbocycles. The number of para-hydroxylation sites is 1. The third-order valence-corrected chi connectivity index (χ3v) is 7.32. The van der Waals surface area contributed by atoms with Crippen LogP contribution in [0.2, 0.25) is 0 Å². The number of nitrogens with one attached hydrogen (secondary N) is 1. The molecule has 43 heavy (non-hydrogen) atoms. The molecule has 9 heteroatoms. The van der Waals surface area contributed by atoms with Crippen LogP contribution in [0.25, 0.3) is 33.4 Å². The van der Waals surface area contributed by atoms with Crippen LogP contribution < -0.4 is 20.7 Å². The predicted molar refractivity (Wildman–Crippen MR) is 161 cm³/mol. The Kier molecular flexibility index (Phi) is 7.38. The SMILES string of the molecule is CNC(=O)c1c(-c2ccc(F)cc2)oc2ccc(-c3cc(C(=O)N(c4ccccc4)C4CC4)ccc3OCC(N)=O)cc12. The van der Waals surface area contributed by atoms with Gasteiger partial charge in [-0.3, -0.25) is 14.4 Å². The van der Waals surface area contributed by atoms with Gasteiger partial charge in [-0.15, -0.1) is 0 Å². The van der Waals surface area contributed by atoms with Gasteiger partial charge in [0.05, 0.1) is 5.56 Å². The predicted octanol–water partition coefficient (Wildman–Crippen LogP) is 5.94. The quantitative estimate of drug-likeness (QED) is 0.225. The topological polar surface area (TPSA) is 115 Å². The molecule has 0 atom stereocenters. The number of carbonyl (C=O) groups excluding carboxylic acids is 3. The van der Waals surface area contributed by atoms with E-state index in [1.54, 1.807) is 53.4 Å². The van der Waals surface area contributed by atoms with Gasteiger partial charge in [0.2, 0.25) is 0 Å². The number of hydrogen-bond acceptors (Lipinski definition) is 5. The molecule has 0 bridgehead atoms. The Morgan fingerprint density at radius 3 is 2.35 bits per heavy atom. The summed E-state index contributed by atoms with van der Waals surface area (Å²) in [6.45, 7) is -0.356. The summed E-state index contributed by atoms with van der Waals surface area (Å²) in [7, 11) is 1.52. The van der Waals surface area contributed by atoms with Gasteiger partial charge in [0, 0.05) is 40.9 Å². The molecule has 1 fully saturated rings. The number of benzene rings is 4. The highest BCUT2D eigenvalue weighted by atomic mass is 19.1. The van der Waals surface area contributed by atoms with E-state index in [0.29, 0.717) is 44.7 Å². The molecule has 0 spiro atoms. The fraction of sp³-hybridized carbons (Fsp3) is 0.147. The molecule has 1 aromatic heterocycles. The van der Waals surface area contributed by atoms with Crippen molar-refractivity contribution < 1.29 is 27.9 Å². The minimum absolute atomic E-state index is 0.117. The fourth-order valence-electron chi connectivity index (χ4n) is 5.14. The van der Waals surface area contributed by atoms with E-state index >= 15 is 0 Å². The Balaban J connectivity index is 1.48. The zero-order valence-corrected chi connectivity index (χ0v) is 23.3. The lowest BCUT2D eigenvalue weighted by molar-refractivity contribution is -0.119. The summed E-state index contributed by atoms with van der Waals surface area (Å²) in [5, 5.41) is 3.17. The van der Waals surface area contributed by atoms with E-state index in [1.807, 2.05) is 30.3 Å². The van der Waals surface area contributed by atoms with Crippen molar-refractivity contribution in [3.8, 4) is 28.2 Å². The summed E-state index contributed by atoms with van der Waals surface area (Å²) >= 11 is 0. The Hall–Kier alpha value is -5.44. The van der Waals surface area contributed by atoms with Crippen LogP contribution in [-0.4, -0.2) is 37.4 Å². The number of halogens is 1. The van der Waals surface area contributed by atoms with Gasteiger partial charge >= 0.3 is 0 Å². The van der Waals surface area contributed by atoms with Gasteiger partial charge in [0.25, 0.3) is 17.7 Å². The molecule has 8 nitrogen and oxygen atoms in total. The van der Waals surface area contributed by atoms with Gasteiger partial charge in [0.15, 0.2) is 6.61 Å². The van der Waals surface area contributed by atoms with E-state index in [1.165, 1.54) is 19.2 Å². The van der Waals surface area contributed by atoms with Crippen LogP contribution in [0.3, 0.4) is 0 Å². The number of hydrogen-bond donors (Lipinski definition) is 2. The maximum Gasteiger partial charge on any atom is 0.258 e. The monoisotopic (exact) mass is 577 g/mol. The highest BCUT2D eigenvalue weighted by molar-refractivity contribution is 6.12. The highest BCUT2D eigenvalue weighted by Crippen LogP contribution is 2.39. The maximum atomic E-state index is 13.9. The fourth-order valence-corrected chi connectivity index (χ4v) is 5.14. The Bertz CT molecular complexity index is 1850. The number of nitrogens with zero attached hydrogens (tertiary/aromatic N) is 1. The molecule has 6 rings (SSSR count). The minimum Gasteiger partial charge on any atom is -0.483 e. The van der Waals surface area contributed by atoms with Crippen molar-refractivity contribution in [3.05, 3.63) is 108 Å². The summed E-state index contributed by atoms with van der Waals surface area (Å²) in [5.74, 6) is -0.960. The lowest BCUT2D eigenvalue weighted by atomic mass is 9.97. The summed E-state index contributed by atoms with van der Waals surface area (Å²) < 4.78 is 25.5. The van der Waals surface area contributed by atoms with Gasteiger partial charge in [0.1, 0.15) is 22.9 Å². The second kappa shape index (κ2) is 11.4. The number of carbonyl (C=O) groups is 3. The van der Waals surface area contributed by atoms with Crippen molar-refractivity contribution >= 4 is 34.4 Å². The molecule has 3 amide bonds. The van der Waals surface area contributed by atoms with E-state index in [2.05, 4.69) is 5.32 Å². The highest BCUT2D eigenvalue weighted by Gasteiger charge is 2.34. The van der Waals surface area contributed by atoms with Crippen LogP contribution in [0.5, 0.6) is 5.75 Å². The number of rotatable bonds is 9. The molecule has 1 aliphatic carbocycles. The second-order valence-electron chi connectivity index (χ2n) is 10.3. The summed E-state index contributed by atoms with van der Waals surface area (Å²) in [4.78, 5) is 40.3. The van der Waals surface area contributed by atoms with Crippen LogP contribution in [0.15, 0.2) is 95.4 Å². The number of ether oxygens (including phenoxy) is 1. The molecular formula is C34H28FN3O5. The Morgan fingerprint density at radius 1 is 0.953 bits per heavy atom. The molecule has 3 N–H and O–H groups in total. The van der Waals surface area contributed by atoms with Gasteiger partial charge < -0.3 is 25.1 Å². The third kappa shape index (κ3) is 5.57. The third-order valence-electron chi connectivity index (χ3n) is 7.32. The van der Waals surface area contributed by atoms with E-state index < -0.39 is 11.7 Å². The van der Waals surface area contributed by atoms with Crippen molar-refractivity contribution in [1.82, 2.24) is 5.32 Å². The van der Waals surface area contributed by atoms with Crippen molar-refractivity contribution in [2.75, 3.05) is 18.6 Å². The molecule has 216 valence electrons. The molecule has 0 saturated heterocycles. The molecule has 0 radical (unpaired) electrons. The first kappa shape index (κ1) is 27.7. The molecule has 1 saturated carbocycles. The van der Waals surface area contributed by atoms with E-state index in [0.717, 1.165) is 18.5 Å². The van der Waals surface area contributed by atoms with Gasteiger partial charge in [-0.25, -0.2) is 4.39 Å². The van der Waals surface area contributed by atoms with Crippen LogP contribution in [-0.2, 0) is 4.79 Å². The van der Waals surface area contributed by atoms with Crippen LogP contribution in [0.4, 0.5) is 10.1 Å². The van der Waals surface area contributed by atoms with Crippen LogP contribution in [0.1, 0.15) is 33.6 Å². The average Bonchev–Trinajstić information content (AvgIpc) is 3.79. The first-order valence-corrected chi connectivity index (χ1v) is 13.8. The first-order chi connectivity index (χ1) is 20.8. The van der Waals surface area contributed by atoms with Crippen molar-refractivity contribution in [2.45, 2.75) is 18.9 Å². The standard InChI is InChI=1S/C34H28FN3O5/c1-37-33(40)31-27-17-21(9-16-29(27)43-32(31)20-7-11-23(35)12-8-20)26-18-22(10-15-28(26)42-19-30(36)39)34(41)38(25-13-14-25)24-5-3-2-4-6-24/h2-12,15-18,25H,13-14,19H2,1H3,(H2,36,39)(H,37,40). The molecule has 1 aliphatic rings. The van der Waals surface area contributed by atoms with Gasteiger partial charge in [-0.05, 0) is 85.1 Å². The second-order valence-corrected chi connectivity index (χ2v) is 10.3. The zero-order chi connectivity index (χ0) is 30.1. The van der Waals surface area contributed by atoms with Crippen LogP contribution >= 0.6 is 0 Å². The molecular weight excluding hydrogens is 549 g/mol. The number of anilines is 1. The van der Waals surface area contributed by atoms with E-state index in [-0.39, 0.29) is 30.0 Å². The molecule has 0 unspecified atom stereocenters. The number of fused-ring (bicyclic) bond motifs is 1. The minimum atomic E-state index is -0.647. The summed E-state index contributed by atoms with van der Waals surface area (Å²) in [6, 6.07) is 25.6. The molecule has 1 heterocycles. The normalized spacial score (nSPS) is 12.6. The first-order valence-electron chi connectivity index (χ1n) is 13.8.